The first-order chi connectivity index (χ1) is 9.85. The Kier molecular flexibility index (Phi) is 6.49. The molecule has 1 aromatic rings. The van der Waals surface area contributed by atoms with Crippen LogP contribution in [0.15, 0.2) is 18.2 Å². The summed E-state index contributed by atoms with van der Waals surface area (Å²) in [4.78, 5) is 13.6. The van der Waals surface area contributed by atoms with Crippen molar-refractivity contribution >= 4 is 5.91 Å². The summed E-state index contributed by atoms with van der Waals surface area (Å²) in [6.07, 6.45) is 0.688. The van der Waals surface area contributed by atoms with Crippen LogP contribution in [-0.4, -0.2) is 43.7 Å². The van der Waals surface area contributed by atoms with E-state index in [1.54, 1.807) is 25.1 Å². The van der Waals surface area contributed by atoms with Crippen molar-refractivity contribution in [3.8, 4) is 11.5 Å². The van der Waals surface area contributed by atoms with Crippen LogP contribution in [0, 0.1) is 0 Å². The molecular formula is C16H26N2O3. The smallest absolute Gasteiger partial charge is 0.260 e. The summed E-state index contributed by atoms with van der Waals surface area (Å²) >= 11 is 0. The predicted molar refractivity (Wildman–Crippen MR) is 83.7 cm³/mol. The van der Waals surface area contributed by atoms with Crippen molar-refractivity contribution in [1.82, 2.24) is 4.90 Å². The number of benzene rings is 1. The number of hydrogen-bond donors (Lipinski definition) is 1. The number of rotatable bonds is 7. The van der Waals surface area contributed by atoms with Crippen molar-refractivity contribution in [2.75, 3.05) is 20.8 Å². The summed E-state index contributed by atoms with van der Waals surface area (Å²) in [5.74, 6) is 1.29. The lowest BCUT2D eigenvalue weighted by molar-refractivity contribution is -0.133. The fraction of sp³-hybridized carbons (Fsp3) is 0.562. The van der Waals surface area contributed by atoms with Crippen LogP contribution in [0.1, 0.15) is 26.3 Å². The van der Waals surface area contributed by atoms with Gasteiger partial charge in [0.25, 0.3) is 5.91 Å². The largest absolute Gasteiger partial charge is 0.497 e. The molecule has 0 saturated carbocycles. The molecule has 21 heavy (non-hydrogen) atoms. The standard InChI is InChI=1S/C16H26N2O3/c1-11(2)18(4)16(19)10-21-15-9-14(20-5)7-6-13(15)8-12(3)17/h6-7,9,11-12H,8,10,17H2,1-5H3. The van der Waals surface area contributed by atoms with Crippen LogP contribution in [-0.2, 0) is 11.2 Å². The van der Waals surface area contributed by atoms with Crippen molar-refractivity contribution in [3.63, 3.8) is 0 Å². The zero-order valence-electron chi connectivity index (χ0n) is 13.6. The van der Waals surface area contributed by atoms with Gasteiger partial charge in [-0.1, -0.05) is 6.07 Å². The van der Waals surface area contributed by atoms with Crippen LogP contribution in [0.4, 0.5) is 0 Å². The molecule has 1 rings (SSSR count). The minimum absolute atomic E-state index is 0.00774. The number of ether oxygens (including phenoxy) is 2. The van der Waals surface area contributed by atoms with Crippen molar-refractivity contribution in [1.29, 1.82) is 0 Å². The molecule has 5 nitrogen and oxygen atoms in total. The number of carbonyl (C=O) groups is 1. The van der Waals surface area contributed by atoms with Crippen molar-refractivity contribution in [2.45, 2.75) is 39.3 Å². The third-order valence-corrected chi connectivity index (χ3v) is 3.34. The van der Waals surface area contributed by atoms with Gasteiger partial charge in [0.2, 0.25) is 0 Å². The second-order valence-electron chi connectivity index (χ2n) is 5.54. The van der Waals surface area contributed by atoms with Gasteiger partial charge in [-0.25, -0.2) is 0 Å². The summed E-state index contributed by atoms with van der Waals surface area (Å²) in [7, 11) is 3.37. The van der Waals surface area contributed by atoms with E-state index in [4.69, 9.17) is 15.2 Å². The van der Waals surface area contributed by atoms with E-state index in [-0.39, 0.29) is 24.6 Å². The summed E-state index contributed by atoms with van der Waals surface area (Å²) in [5.41, 5.74) is 6.82. The van der Waals surface area contributed by atoms with E-state index in [0.717, 1.165) is 5.56 Å². The number of likely N-dealkylation sites (N-methyl/N-ethyl adjacent to an activating group) is 1. The summed E-state index contributed by atoms with van der Waals surface area (Å²) in [5, 5.41) is 0. The normalized spacial score (nSPS) is 12.1. The van der Waals surface area contributed by atoms with E-state index in [1.807, 2.05) is 32.9 Å². The molecular weight excluding hydrogens is 268 g/mol. The molecule has 1 atom stereocenters. The molecule has 1 amide bonds. The fourth-order valence-corrected chi connectivity index (χ4v) is 1.84. The quantitative estimate of drug-likeness (QED) is 0.833. The lowest BCUT2D eigenvalue weighted by Crippen LogP contribution is -2.36. The molecule has 1 aromatic carbocycles. The SMILES string of the molecule is COc1ccc(CC(C)N)c(OCC(=O)N(C)C(C)C)c1. The van der Waals surface area contributed by atoms with E-state index in [9.17, 15) is 4.79 Å². The van der Waals surface area contributed by atoms with Gasteiger partial charge >= 0.3 is 0 Å². The van der Waals surface area contributed by atoms with E-state index in [2.05, 4.69) is 0 Å². The van der Waals surface area contributed by atoms with E-state index >= 15 is 0 Å². The summed E-state index contributed by atoms with van der Waals surface area (Å²) in [6.45, 7) is 5.87. The Morgan fingerprint density at radius 1 is 1.33 bits per heavy atom. The first-order valence-corrected chi connectivity index (χ1v) is 7.16. The molecule has 0 heterocycles. The van der Waals surface area contributed by atoms with E-state index in [0.29, 0.717) is 17.9 Å². The number of amides is 1. The molecule has 0 aliphatic carbocycles. The van der Waals surface area contributed by atoms with Crippen LogP contribution in [0.2, 0.25) is 0 Å². The van der Waals surface area contributed by atoms with Crippen LogP contribution < -0.4 is 15.2 Å². The van der Waals surface area contributed by atoms with E-state index in [1.165, 1.54) is 0 Å². The Morgan fingerprint density at radius 2 is 2.00 bits per heavy atom. The van der Waals surface area contributed by atoms with Crippen LogP contribution >= 0.6 is 0 Å². The number of hydrogen-bond acceptors (Lipinski definition) is 4. The highest BCUT2D eigenvalue weighted by molar-refractivity contribution is 5.77. The average molecular weight is 294 g/mol. The number of nitrogens with two attached hydrogens (primary N) is 1. The average Bonchev–Trinajstić information content (AvgIpc) is 2.44. The maximum Gasteiger partial charge on any atom is 0.260 e. The van der Waals surface area contributed by atoms with Gasteiger partial charge in [-0.15, -0.1) is 0 Å². The lowest BCUT2D eigenvalue weighted by atomic mass is 10.1. The van der Waals surface area contributed by atoms with Gasteiger partial charge < -0.3 is 20.1 Å². The summed E-state index contributed by atoms with van der Waals surface area (Å²) < 4.78 is 10.9. The third kappa shape index (κ3) is 5.27. The maximum atomic E-state index is 12.0. The predicted octanol–water partition coefficient (Wildman–Crippen LogP) is 1.83. The van der Waals surface area contributed by atoms with Crippen molar-refractivity contribution in [3.05, 3.63) is 23.8 Å². The molecule has 0 saturated heterocycles. The van der Waals surface area contributed by atoms with Gasteiger partial charge in [0, 0.05) is 25.2 Å². The van der Waals surface area contributed by atoms with Gasteiger partial charge in [0.1, 0.15) is 11.5 Å². The second-order valence-corrected chi connectivity index (χ2v) is 5.54. The number of nitrogens with zero attached hydrogens (tertiary/aromatic N) is 1. The van der Waals surface area contributed by atoms with Crippen molar-refractivity contribution in [2.24, 2.45) is 5.73 Å². The molecule has 0 radical (unpaired) electrons. The summed E-state index contributed by atoms with van der Waals surface area (Å²) in [6, 6.07) is 5.76. The van der Waals surface area contributed by atoms with Gasteiger partial charge in [0.05, 0.1) is 7.11 Å². The Balaban J connectivity index is 2.82. The molecule has 0 bridgehead atoms. The molecule has 0 fully saturated rings. The molecule has 0 aliphatic heterocycles. The molecule has 0 aromatic heterocycles. The first kappa shape index (κ1) is 17.3. The third-order valence-electron chi connectivity index (χ3n) is 3.34. The minimum atomic E-state index is -0.0560. The zero-order chi connectivity index (χ0) is 16.0. The number of carbonyl (C=O) groups excluding carboxylic acids is 1. The fourth-order valence-electron chi connectivity index (χ4n) is 1.84. The topological polar surface area (TPSA) is 64.8 Å². The van der Waals surface area contributed by atoms with Crippen LogP contribution in [0.3, 0.4) is 0 Å². The second kappa shape index (κ2) is 7.88. The Labute approximate surface area is 127 Å². The molecule has 5 heteroatoms. The number of methoxy groups -OCH3 is 1. The molecule has 118 valence electrons. The Hall–Kier alpha value is -1.75. The highest BCUT2D eigenvalue weighted by atomic mass is 16.5. The maximum absolute atomic E-state index is 12.0. The van der Waals surface area contributed by atoms with Gasteiger partial charge in [-0.2, -0.15) is 0 Å². The molecule has 0 spiro atoms. The van der Waals surface area contributed by atoms with E-state index < -0.39 is 0 Å². The van der Waals surface area contributed by atoms with Gasteiger partial charge in [-0.05, 0) is 38.8 Å². The minimum Gasteiger partial charge on any atom is -0.497 e. The lowest BCUT2D eigenvalue weighted by Gasteiger charge is -2.22. The van der Waals surface area contributed by atoms with Crippen molar-refractivity contribution < 1.29 is 14.3 Å². The molecule has 1 unspecified atom stereocenters. The van der Waals surface area contributed by atoms with Crippen LogP contribution in [0.5, 0.6) is 11.5 Å². The Morgan fingerprint density at radius 3 is 2.52 bits per heavy atom. The zero-order valence-corrected chi connectivity index (χ0v) is 13.6. The molecule has 2 N–H and O–H groups in total. The van der Waals surface area contributed by atoms with Crippen LogP contribution in [0.25, 0.3) is 0 Å². The molecule has 0 aliphatic rings. The highest BCUT2D eigenvalue weighted by Gasteiger charge is 2.14. The Bertz CT molecular complexity index is 473. The van der Waals surface area contributed by atoms with Gasteiger partial charge in [-0.3, -0.25) is 4.79 Å². The first-order valence-electron chi connectivity index (χ1n) is 7.16. The highest BCUT2D eigenvalue weighted by Crippen LogP contribution is 2.26. The van der Waals surface area contributed by atoms with Gasteiger partial charge in [0.15, 0.2) is 6.61 Å². The monoisotopic (exact) mass is 294 g/mol.